The van der Waals surface area contributed by atoms with Crippen LogP contribution in [0.5, 0.6) is 0 Å². The highest BCUT2D eigenvalue weighted by atomic mass is 16.5. The molecule has 1 aliphatic rings. The van der Waals surface area contributed by atoms with Crippen LogP contribution in [0.2, 0.25) is 0 Å². The molecular weight excluding hydrogens is 354 g/mol. The molecule has 1 fully saturated rings. The van der Waals surface area contributed by atoms with E-state index in [4.69, 9.17) is 4.74 Å². The fourth-order valence-electron chi connectivity index (χ4n) is 3.46. The Morgan fingerprint density at radius 3 is 2.64 bits per heavy atom. The molecule has 152 valence electrons. The molecule has 1 amide bonds. The topological polar surface area (TPSA) is 63.7 Å². The predicted octanol–water partition coefficient (Wildman–Crippen LogP) is 3.86. The van der Waals surface area contributed by atoms with Crippen LogP contribution in [0.3, 0.4) is 0 Å². The van der Waals surface area contributed by atoms with Crippen molar-refractivity contribution in [3.63, 3.8) is 0 Å². The summed E-state index contributed by atoms with van der Waals surface area (Å²) in [6.45, 7) is 2.95. The van der Waals surface area contributed by atoms with E-state index in [1.165, 1.54) is 0 Å². The van der Waals surface area contributed by atoms with E-state index in [2.05, 4.69) is 0 Å². The molecule has 1 aromatic rings. The van der Waals surface area contributed by atoms with E-state index in [0.717, 1.165) is 37.7 Å². The van der Waals surface area contributed by atoms with Crippen LogP contribution < -0.4 is 0 Å². The molecule has 0 radical (unpaired) electrons. The zero-order valence-electron chi connectivity index (χ0n) is 16.8. The van der Waals surface area contributed by atoms with Crippen molar-refractivity contribution in [2.75, 3.05) is 13.2 Å². The maximum atomic E-state index is 12.2. The van der Waals surface area contributed by atoms with Gasteiger partial charge in [0.15, 0.2) is 5.78 Å². The molecule has 5 heteroatoms. The number of ketones is 1. The number of nitrogens with zero attached hydrogens (tertiary/aromatic N) is 1. The summed E-state index contributed by atoms with van der Waals surface area (Å²) >= 11 is 0. The van der Waals surface area contributed by atoms with Crippen LogP contribution in [-0.2, 0) is 25.5 Å². The minimum absolute atomic E-state index is 0.0201. The van der Waals surface area contributed by atoms with Crippen molar-refractivity contribution in [2.24, 2.45) is 0 Å². The van der Waals surface area contributed by atoms with E-state index < -0.39 is 0 Å². The molecule has 0 unspecified atom stereocenters. The minimum atomic E-state index is -0.136. The first-order valence-corrected chi connectivity index (χ1v) is 10.3. The number of benzene rings is 1. The SMILES string of the molecule is CCOC(=O)CCCCCCN1C(=O)CC[C@H]1C=CC(=O)Cc1ccccc1. The van der Waals surface area contributed by atoms with Gasteiger partial charge >= 0.3 is 5.97 Å². The van der Waals surface area contributed by atoms with Crippen molar-refractivity contribution in [3.05, 3.63) is 48.0 Å². The number of carbonyl (C=O) groups is 3. The highest BCUT2D eigenvalue weighted by Crippen LogP contribution is 2.21. The zero-order chi connectivity index (χ0) is 20.2. The van der Waals surface area contributed by atoms with Crippen LogP contribution in [-0.4, -0.2) is 41.8 Å². The lowest BCUT2D eigenvalue weighted by Crippen LogP contribution is -2.32. The van der Waals surface area contributed by atoms with Crippen LogP contribution in [0, 0.1) is 0 Å². The Hall–Kier alpha value is -2.43. The highest BCUT2D eigenvalue weighted by Gasteiger charge is 2.28. The summed E-state index contributed by atoms with van der Waals surface area (Å²) < 4.78 is 4.91. The molecule has 0 aromatic heterocycles. The molecule has 0 saturated carbocycles. The molecule has 28 heavy (non-hydrogen) atoms. The van der Waals surface area contributed by atoms with Gasteiger partial charge < -0.3 is 9.64 Å². The Kier molecular flexibility index (Phi) is 9.46. The minimum Gasteiger partial charge on any atom is -0.466 e. The normalized spacial score (nSPS) is 16.7. The van der Waals surface area contributed by atoms with Gasteiger partial charge in [-0.15, -0.1) is 0 Å². The van der Waals surface area contributed by atoms with Crippen molar-refractivity contribution in [3.8, 4) is 0 Å². The van der Waals surface area contributed by atoms with Crippen LogP contribution in [0.15, 0.2) is 42.5 Å². The van der Waals surface area contributed by atoms with Gasteiger partial charge in [-0.05, 0) is 37.8 Å². The average Bonchev–Trinajstić information content (AvgIpc) is 3.03. The molecule has 0 N–H and O–H groups in total. The first-order valence-electron chi connectivity index (χ1n) is 10.3. The quantitative estimate of drug-likeness (QED) is 0.311. The van der Waals surface area contributed by atoms with E-state index >= 15 is 0 Å². The lowest BCUT2D eigenvalue weighted by molar-refractivity contribution is -0.143. The summed E-state index contributed by atoms with van der Waals surface area (Å²) in [4.78, 5) is 37.5. The molecule has 1 heterocycles. The molecule has 0 bridgehead atoms. The standard InChI is InChI=1S/C23H31NO4/c1-2-28-23(27)12-8-3-4-9-17-24-20(14-16-22(24)26)13-15-21(25)18-19-10-6-5-7-11-19/h5-7,10-11,13,15,20H,2-4,8-9,12,14,16-18H2,1H3/t20-/m1/s1. The summed E-state index contributed by atoms with van der Waals surface area (Å²) in [7, 11) is 0. The smallest absolute Gasteiger partial charge is 0.305 e. The van der Waals surface area contributed by atoms with E-state index in [1.54, 1.807) is 6.08 Å². The highest BCUT2D eigenvalue weighted by molar-refractivity contribution is 5.91. The average molecular weight is 386 g/mol. The molecule has 1 aromatic carbocycles. The van der Waals surface area contributed by atoms with Crippen molar-refractivity contribution < 1.29 is 19.1 Å². The number of ether oxygens (including phenoxy) is 1. The molecule has 1 saturated heterocycles. The summed E-state index contributed by atoms with van der Waals surface area (Å²) in [6, 6.07) is 9.69. The van der Waals surface area contributed by atoms with E-state index in [1.807, 2.05) is 48.2 Å². The lowest BCUT2D eigenvalue weighted by Gasteiger charge is -2.22. The predicted molar refractivity (Wildman–Crippen MR) is 109 cm³/mol. The van der Waals surface area contributed by atoms with Gasteiger partial charge in [-0.3, -0.25) is 14.4 Å². The molecule has 0 aliphatic carbocycles. The van der Waals surface area contributed by atoms with Crippen LogP contribution in [0.1, 0.15) is 57.4 Å². The number of rotatable bonds is 12. The van der Waals surface area contributed by atoms with Crippen molar-refractivity contribution in [1.82, 2.24) is 4.90 Å². The number of hydrogen-bond donors (Lipinski definition) is 0. The Labute approximate surface area is 167 Å². The number of likely N-dealkylation sites (tertiary alicyclic amines) is 1. The van der Waals surface area contributed by atoms with Crippen LogP contribution >= 0.6 is 0 Å². The Bertz CT molecular complexity index is 668. The molecule has 0 spiro atoms. The number of carbonyl (C=O) groups excluding carboxylic acids is 3. The second-order valence-corrected chi connectivity index (χ2v) is 7.15. The second kappa shape index (κ2) is 12.1. The summed E-state index contributed by atoms with van der Waals surface area (Å²) in [6.07, 6.45) is 9.36. The number of esters is 1. The number of amides is 1. The Morgan fingerprint density at radius 1 is 1.14 bits per heavy atom. The number of allylic oxidation sites excluding steroid dienone is 1. The number of unbranched alkanes of at least 4 members (excludes halogenated alkanes) is 3. The second-order valence-electron chi connectivity index (χ2n) is 7.15. The van der Waals surface area contributed by atoms with Gasteiger partial charge in [0, 0.05) is 25.8 Å². The maximum Gasteiger partial charge on any atom is 0.305 e. The monoisotopic (exact) mass is 385 g/mol. The molecule has 5 nitrogen and oxygen atoms in total. The van der Waals surface area contributed by atoms with Gasteiger partial charge in [0.2, 0.25) is 5.91 Å². The lowest BCUT2D eigenvalue weighted by atomic mass is 10.1. The van der Waals surface area contributed by atoms with Gasteiger partial charge in [0.25, 0.3) is 0 Å². The Morgan fingerprint density at radius 2 is 1.89 bits per heavy atom. The zero-order valence-corrected chi connectivity index (χ0v) is 16.8. The summed E-state index contributed by atoms with van der Waals surface area (Å²) in [5.41, 5.74) is 0.999. The van der Waals surface area contributed by atoms with Gasteiger partial charge in [0.1, 0.15) is 0 Å². The fourth-order valence-corrected chi connectivity index (χ4v) is 3.46. The first kappa shape index (κ1) is 21.9. The molecule has 1 aliphatic heterocycles. The maximum absolute atomic E-state index is 12.2. The summed E-state index contributed by atoms with van der Waals surface area (Å²) in [5, 5.41) is 0. The van der Waals surface area contributed by atoms with Crippen LogP contribution in [0.4, 0.5) is 0 Å². The third-order valence-electron chi connectivity index (χ3n) is 4.94. The van der Waals surface area contributed by atoms with E-state index in [-0.39, 0.29) is 23.7 Å². The Balaban J connectivity index is 1.70. The first-order chi connectivity index (χ1) is 13.6. The summed E-state index contributed by atoms with van der Waals surface area (Å²) in [5.74, 6) is 0.0868. The van der Waals surface area contributed by atoms with E-state index in [0.29, 0.717) is 32.4 Å². The molecule has 2 rings (SSSR count). The van der Waals surface area contributed by atoms with E-state index in [9.17, 15) is 14.4 Å². The largest absolute Gasteiger partial charge is 0.466 e. The van der Waals surface area contributed by atoms with Gasteiger partial charge in [-0.25, -0.2) is 0 Å². The third kappa shape index (κ3) is 7.67. The van der Waals surface area contributed by atoms with Gasteiger partial charge in [-0.1, -0.05) is 49.2 Å². The molecule has 1 atom stereocenters. The van der Waals surface area contributed by atoms with Crippen molar-refractivity contribution >= 4 is 17.7 Å². The third-order valence-corrected chi connectivity index (χ3v) is 4.94. The van der Waals surface area contributed by atoms with Gasteiger partial charge in [-0.2, -0.15) is 0 Å². The van der Waals surface area contributed by atoms with Gasteiger partial charge in [0.05, 0.1) is 12.6 Å². The van der Waals surface area contributed by atoms with Crippen molar-refractivity contribution in [1.29, 1.82) is 0 Å². The fraction of sp³-hybridized carbons (Fsp3) is 0.522. The van der Waals surface area contributed by atoms with Crippen LogP contribution in [0.25, 0.3) is 0 Å². The number of hydrogen-bond acceptors (Lipinski definition) is 4. The van der Waals surface area contributed by atoms with Crippen molar-refractivity contribution in [2.45, 2.75) is 64.3 Å². The molecular formula is C23H31NO4.